The number of rotatable bonds is 2. The van der Waals surface area contributed by atoms with Gasteiger partial charge >= 0.3 is 0 Å². The number of nitrogens with two attached hydrogens (primary N) is 1. The van der Waals surface area contributed by atoms with Crippen LogP contribution in [0.5, 0.6) is 0 Å². The molecule has 0 aliphatic carbocycles. The maximum Gasteiger partial charge on any atom is 0.260 e. The van der Waals surface area contributed by atoms with Crippen molar-refractivity contribution in [2.45, 2.75) is 6.92 Å². The van der Waals surface area contributed by atoms with E-state index in [1.54, 1.807) is 12.3 Å². The van der Waals surface area contributed by atoms with Gasteiger partial charge in [-0.05, 0) is 24.6 Å². The molecule has 7 heteroatoms. The average Bonchev–Trinajstić information content (AvgIpc) is 2.92. The Morgan fingerprint density at radius 3 is 2.71 bits per heavy atom. The van der Waals surface area contributed by atoms with Crippen LogP contribution >= 0.6 is 0 Å². The Bertz CT molecular complexity index is 816. The zero-order valence-corrected chi connectivity index (χ0v) is 11.0. The van der Waals surface area contributed by atoms with E-state index in [2.05, 4.69) is 15.1 Å². The van der Waals surface area contributed by atoms with Gasteiger partial charge < -0.3 is 10.3 Å². The molecule has 0 spiro atoms. The molecule has 5 nitrogen and oxygen atoms in total. The molecule has 0 atom stereocenters. The predicted molar refractivity (Wildman–Crippen MR) is 72.0 cm³/mol. The third-order valence-electron chi connectivity index (χ3n) is 2.97. The molecule has 0 saturated carbocycles. The SMILES string of the molecule is Cc1cccnc1-c1noc(-c2cc(F)c(F)cc2N)n1. The van der Waals surface area contributed by atoms with E-state index in [1.807, 2.05) is 13.0 Å². The molecule has 21 heavy (non-hydrogen) atoms. The molecule has 0 aliphatic rings. The fourth-order valence-electron chi connectivity index (χ4n) is 1.90. The Kier molecular flexibility index (Phi) is 3.09. The monoisotopic (exact) mass is 288 g/mol. The van der Waals surface area contributed by atoms with E-state index in [0.717, 1.165) is 17.7 Å². The summed E-state index contributed by atoms with van der Waals surface area (Å²) in [7, 11) is 0. The van der Waals surface area contributed by atoms with Gasteiger partial charge in [-0.2, -0.15) is 4.98 Å². The molecular formula is C14H10F2N4O. The van der Waals surface area contributed by atoms with E-state index >= 15 is 0 Å². The van der Waals surface area contributed by atoms with Crippen LogP contribution in [0, 0.1) is 18.6 Å². The molecule has 0 unspecified atom stereocenters. The second-order valence-electron chi connectivity index (χ2n) is 4.45. The van der Waals surface area contributed by atoms with Crippen molar-refractivity contribution in [3.8, 4) is 23.0 Å². The van der Waals surface area contributed by atoms with Crippen molar-refractivity contribution in [1.82, 2.24) is 15.1 Å². The van der Waals surface area contributed by atoms with Crippen molar-refractivity contribution >= 4 is 5.69 Å². The Labute approximate surface area is 118 Å². The number of hydrogen-bond acceptors (Lipinski definition) is 5. The summed E-state index contributed by atoms with van der Waals surface area (Å²) in [6.45, 7) is 1.85. The molecule has 0 radical (unpaired) electrons. The minimum atomic E-state index is -1.03. The molecule has 0 amide bonds. The molecule has 2 N–H and O–H groups in total. The number of anilines is 1. The van der Waals surface area contributed by atoms with Crippen molar-refractivity contribution in [1.29, 1.82) is 0 Å². The number of aryl methyl sites for hydroxylation is 1. The van der Waals surface area contributed by atoms with Crippen LogP contribution in [0.25, 0.3) is 23.0 Å². The number of hydrogen-bond donors (Lipinski definition) is 1. The second-order valence-corrected chi connectivity index (χ2v) is 4.45. The summed E-state index contributed by atoms with van der Waals surface area (Å²) in [4.78, 5) is 8.29. The van der Waals surface area contributed by atoms with Crippen LogP contribution in [0.1, 0.15) is 5.56 Å². The lowest BCUT2D eigenvalue weighted by Gasteiger charge is -2.01. The fourth-order valence-corrected chi connectivity index (χ4v) is 1.90. The number of nitrogens with zero attached hydrogens (tertiary/aromatic N) is 3. The third-order valence-corrected chi connectivity index (χ3v) is 2.97. The zero-order valence-electron chi connectivity index (χ0n) is 11.0. The lowest BCUT2D eigenvalue weighted by Crippen LogP contribution is -1.95. The predicted octanol–water partition coefficient (Wildman–Crippen LogP) is 2.97. The number of nitrogen functional groups attached to an aromatic ring is 1. The van der Waals surface area contributed by atoms with Gasteiger partial charge in [-0.3, -0.25) is 4.98 Å². The maximum atomic E-state index is 13.3. The first kappa shape index (κ1) is 13.2. The summed E-state index contributed by atoms with van der Waals surface area (Å²) in [5.74, 6) is -1.80. The molecule has 0 fully saturated rings. The van der Waals surface area contributed by atoms with E-state index in [9.17, 15) is 8.78 Å². The highest BCUT2D eigenvalue weighted by Crippen LogP contribution is 2.28. The number of pyridine rings is 1. The highest BCUT2D eigenvalue weighted by Gasteiger charge is 2.17. The molecule has 2 aromatic heterocycles. The Hall–Kier alpha value is -2.83. The Balaban J connectivity index is 2.07. The van der Waals surface area contributed by atoms with Gasteiger partial charge in [-0.25, -0.2) is 8.78 Å². The van der Waals surface area contributed by atoms with E-state index in [0.29, 0.717) is 5.69 Å². The standard InChI is InChI=1S/C14H10F2N4O/c1-7-3-2-4-18-12(7)13-19-14(21-20-13)8-5-9(15)10(16)6-11(8)17/h2-6H,17H2,1H3. The first-order valence-electron chi connectivity index (χ1n) is 6.07. The minimum Gasteiger partial charge on any atom is -0.398 e. The maximum absolute atomic E-state index is 13.3. The zero-order chi connectivity index (χ0) is 15.0. The van der Waals surface area contributed by atoms with Crippen molar-refractivity contribution < 1.29 is 13.3 Å². The smallest absolute Gasteiger partial charge is 0.260 e. The normalized spacial score (nSPS) is 10.8. The number of aromatic nitrogens is 3. The lowest BCUT2D eigenvalue weighted by molar-refractivity contribution is 0.431. The minimum absolute atomic E-state index is 0.00598. The first-order chi connectivity index (χ1) is 10.1. The summed E-state index contributed by atoms with van der Waals surface area (Å²) in [6.07, 6.45) is 1.60. The van der Waals surface area contributed by atoms with E-state index in [4.69, 9.17) is 10.3 Å². The van der Waals surface area contributed by atoms with Gasteiger partial charge in [0.1, 0.15) is 5.69 Å². The summed E-state index contributed by atoms with van der Waals surface area (Å²) in [6, 6.07) is 5.44. The molecular weight excluding hydrogens is 278 g/mol. The van der Waals surface area contributed by atoms with Gasteiger partial charge in [0.05, 0.1) is 5.56 Å². The molecule has 0 bridgehead atoms. The van der Waals surface area contributed by atoms with Gasteiger partial charge in [-0.15, -0.1) is 0 Å². The molecule has 2 heterocycles. The van der Waals surface area contributed by atoms with Crippen LogP contribution in [0.3, 0.4) is 0 Å². The van der Waals surface area contributed by atoms with Gasteiger partial charge in [0, 0.05) is 18.0 Å². The Morgan fingerprint density at radius 2 is 1.95 bits per heavy atom. The third kappa shape index (κ3) is 2.33. The van der Waals surface area contributed by atoms with Crippen molar-refractivity contribution in [3.63, 3.8) is 0 Å². The summed E-state index contributed by atoms with van der Waals surface area (Å²) >= 11 is 0. The van der Waals surface area contributed by atoms with E-state index in [1.165, 1.54) is 0 Å². The van der Waals surface area contributed by atoms with Crippen molar-refractivity contribution in [2.24, 2.45) is 0 Å². The van der Waals surface area contributed by atoms with Crippen molar-refractivity contribution in [2.75, 3.05) is 5.73 Å². The van der Waals surface area contributed by atoms with Gasteiger partial charge in [0.2, 0.25) is 5.82 Å². The van der Waals surface area contributed by atoms with Crippen LogP contribution in [0.2, 0.25) is 0 Å². The van der Waals surface area contributed by atoms with E-state index in [-0.39, 0.29) is 23.0 Å². The number of benzene rings is 1. The van der Waals surface area contributed by atoms with Crippen LogP contribution in [0.15, 0.2) is 35.0 Å². The number of halogens is 2. The van der Waals surface area contributed by atoms with Crippen molar-refractivity contribution in [3.05, 3.63) is 47.7 Å². The van der Waals surface area contributed by atoms with Crippen LogP contribution in [-0.2, 0) is 0 Å². The summed E-state index contributed by atoms with van der Waals surface area (Å²) in [5, 5.41) is 3.80. The highest BCUT2D eigenvalue weighted by atomic mass is 19.2. The first-order valence-corrected chi connectivity index (χ1v) is 6.07. The van der Waals surface area contributed by atoms with Crippen LogP contribution < -0.4 is 5.73 Å². The van der Waals surface area contributed by atoms with E-state index < -0.39 is 11.6 Å². The summed E-state index contributed by atoms with van der Waals surface area (Å²) in [5.41, 5.74) is 7.22. The van der Waals surface area contributed by atoms with Crippen LogP contribution in [0.4, 0.5) is 14.5 Å². The van der Waals surface area contributed by atoms with Crippen LogP contribution in [-0.4, -0.2) is 15.1 Å². The lowest BCUT2D eigenvalue weighted by atomic mass is 10.1. The molecule has 1 aromatic carbocycles. The average molecular weight is 288 g/mol. The summed E-state index contributed by atoms with van der Waals surface area (Å²) < 4.78 is 31.4. The highest BCUT2D eigenvalue weighted by molar-refractivity contribution is 5.71. The molecule has 3 aromatic rings. The fraction of sp³-hybridized carbons (Fsp3) is 0.0714. The molecule has 3 rings (SSSR count). The van der Waals surface area contributed by atoms with Gasteiger partial charge in [0.25, 0.3) is 5.89 Å². The Morgan fingerprint density at radius 1 is 1.19 bits per heavy atom. The van der Waals surface area contributed by atoms with Gasteiger partial charge in [-0.1, -0.05) is 11.2 Å². The molecule has 106 valence electrons. The molecule has 0 saturated heterocycles. The topological polar surface area (TPSA) is 77.8 Å². The second kappa shape index (κ2) is 4.93. The van der Waals surface area contributed by atoms with Gasteiger partial charge in [0.15, 0.2) is 11.6 Å². The quantitative estimate of drug-likeness (QED) is 0.733. The largest absolute Gasteiger partial charge is 0.398 e. The molecule has 0 aliphatic heterocycles.